The van der Waals surface area contributed by atoms with Crippen molar-refractivity contribution in [2.45, 2.75) is 19.8 Å². The average molecular weight is 290 g/mol. The van der Waals surface area contributed by atoms with Crippen molar-refractivity contribution in [1.29, 1.82) is 0 Å². The molecule has 0 aliphatic heterocycles. The summed E-state index contributed by atoms with van der Waals surface area (Å²) in [5.41, 5.74) is 1.99. The number of nitrogens with one attached hydrogen (secondary N) is 1. The van der Waals surface area contributed by atoms with Gasteiger partial charge in [-0.25, -0.2) is 4.98 Å². The number of aromatic nitrogens is 1. The van der Waals surface area contributed by atoms with Gasteiger partial charge in [-0.05, 0) is 6.42 Å². The molecule has 0 amide bonds. The number of carboxylic acids is 1. The van der Waals surface area contributed by atoms with Gasteiger partial charge < -0.3 is 10.4 Å². The first-order valence-corrected chi connectivity index (χ1v) is 7.56. The predicted octanol–water partition coefficient (Wildman–Crippen LogP) is 3.72. The van der Waals surface area contributed by atoms with Crippen molar-refractivity contribution in [3.05, 3.63) is 35.7 Å². The monoisotopic (exact) mass is 290 g/mol. The fourth-order valence-electron chi connectivity index (χ4n) is 1.97. The van der Waals surface area contributed by atoms with Gasteiger partial charge in [0, 0.05) is 17.5 Å². The molecule has 2 N–H and O–H groups in total. The topological polar surface area (TPSA) is 62.2 Å². The lowest BCUT2D eigenvalue weighted by Gasteiger charge is -2.11. The molecule has 20 heavy (non-hydrogen) atoms. The van der Waals surface area contributed by atoms with Gasteiger partial charge >= 0.3 is 5.97 Å². The van der Waals surface area contributed by atoms with Crippen molar-refractivity contribution in [2.75, 3.05) is 11.9 Å². The third-order valence-corrected chi connectivity index (χ3v) is 3.86. The molecular formula is C15H18N2O2S. The lowest BCUT2D eigenvalue weighted by atomic mass is 10.0. The fourth-order valence-corrected chi connectivity index (χ4v) is 2.70. The SMILES string of the molecule is CCCC(CNc1nc(-c2ccccc2)cs1)C(=O)O. The Morgan fingerprint density at radius 2 is 2.15 bits per heavy atom. The summed E-state index contributed by atoms with van der Waals surface area (Å²) in [6, 6.07) is 9.94. The normalized spacial score (nSPS) is 12.1. The second-order valence-electron chi connectivity index (χ2n) is 4.61. The van der Waals surface area contributed by atoms with Crippen molar-refractivity contribution in [2.24, 2.45) is 5.92 Å². The summed E-state index contributed by atoms with van der Waals surface area (Å²) >= 11 is 1.50. The molecule has 106 valence electrons. The molecule has 1 atom stereocenters. The minimum atomic E-state index is -0.751. The summed E-state index contributed by atoms with van der Waals surface area (Å²) in [5.74, 6) is -1.11. The summed E-state index contributed by atoms with van der Waals surface area (Å²) in [6.45, 7) is 2.41. The van der Waals surface area contributed by atoms with Crippen LogP contribution in [0.25, 0.3) is 11.3 Å². The zero-order valence-corrected chi connectivity index (χ0v) is 12.2. The van der Waals surface area contributed by atoms with E-state index < -0.39 is 5.97 Å². The number of hydrogen-bond donors (Lipinski definition) is 2. The Balaban J connectivity index is 1.98. The van der Waals surface area contributed by atoms with Crippen molar-refractivity contribution < 1.29 is 9.90 Å². The second kappa shape index (κ2) is 7.05. The summed E-state index contributed by atoms with van der Waals surface area (Å²) in [5, 5.41) is 15.0. The van der Waals surface area contributed by atoms with Crippen LogP contribution in [0.5, 0.6) is 0 Å². The van der Waals surface area contributed by atoms with Gasteiger partial charge in [0.25, 0.3) is 0 Å². The number of aliphatic carboxylic acids is 1. The zero-order chi connectivity index (χ0) is 14.4. The molecule has 5 heteroatoms. The number of hydrogen-bond acceptors (Lipinski definition) is 4. The van der Waals surface area contributed by atoms with Gasteiger partial charge in [-0.1, -0.05) is 43.7 Å². The van der Waals surface area contributed by atoms with E-state index in [1.807, 2.05) is 42.6 Å². The van der Waals surface area contributed by atoms with E-state index in [2.05, 4.69) is 10.3 Å². The minimum Gasteiger partial charge on any atom is -0.481 e. The Hall–Kier alpha value is -1.88. The Kier molecular flexibility index (Phi) is 5.12. The predicted molar refractivity (Wildman–Crippen MR) is 82.1 cm³/mol. The molecule has 4 nitrogen and oxygen atoms in total. The van der Waals surface area contributed by atoms with Crippen LogP contribution in [0.3, 0.4) is 0 Å². The van der Waals surface area contributed by atoms with Crippen LogP contribution in [0.15, 0.2) is 35.7 Å². The van der Waals surface area contributed by atoms with E-state index in [1.54, 1.807) is 0 Å². The zero-order valence-electron chi connectivity index (χ0n) is 11.4. The molecule has 1 aromatic heterocycles. The van der Waals surface area contributed by atoms with E-state index in [4.69, 9.17) is 5.11 Å². The number of carbonyl (C=O) groups is 1. The van der Waals surface area contributed by atoms with Crippen LogP contribution in [-0.2, 0) is 4.79 Å². The van der Waals surface area contributed by atoms with Gasteiger partial charge in [0.05, 0.1) is 11.6 Å². The first-order valence-electron chi connectivity index (χ1n) is 6.68. The molecule has 0 fully saturated rings. The smallest absolute Gasteiger partial charge is 0.308 e. The van der Waals surface area contributed by atoms with Gasteiger partial charge in [0.15, 0.2) is 5.13 Å². The van der Waals surface area contributed by atoms with Crippen LogP contribution in [0.4, 0.5) is 5.13 Å². The highest BCUT2D eigenvalue weighted by molar-refractivity contribution is 7.14. The van der Waals surface area contributed by atoms with Crippen molar-refractivity contribution in [1.82, 2.24) is 4.98 Å². The van der Waals surface area contributed by atoms with Gasteiger partial charge in [-0.2, -0.15) is 0 Å². The molecule has 2 aromatic rings. The molecule has 1 heterocycles. The molecule has 0 aliphatic carbocycles. The Bertz CT molecular complexity index is 554. The lowest BCUT2D eigenvalue weighted by Crippen LogP contribution is -2.22. The van der Waals surface area contributed by atoms with Gasteiger partial charge in [0.2, 0.25) is 0 Å². The van der Waals surface area contributed by atoms with Crippen LogP contribution >= 0.6 is 11.3 Å². The molecule has 0 saturated carbocycles. The first kappa shape index (κ1) is 14.5. The van der Waals surface area contributed by atoms with Crippen molar-refractivity contribution in [3.8, 4) is 11.3 Å². The van der Waals surface area contributed by atoms with E-state index in [-0.39, 0.29) is 5.92 Å². The highest BCUT2D eigenvalue weighted by Gasteiger charge is 2.16. The van der Waals surface area contributed by atoms with Crippen LogP contribution in [0.2, 0.25) is 0 Å². The van der Waals surface area contributed by atoms with Gasteiger partial charge in [0.1, 0.15) is 0 Å². The number of thiazole rings is 1. The molecular weight excluding hydrogens is 272 g/mol. The Labute approximate surface area is 122 Å². The minimum absolute atomic E-state index is 0.357. The fraction of sp³-hybridized carbons (Fsp3) is 0.333. The molecule has 0 spiro atoms. The Morgan fingerprint density at radius 3 is 2.80 bits per heavy atom. The van der Waals surface area contributed by atoms with Gasteiger partial charge in [-0.15, -0.1) is 11.3 Å². The molecule has 0 saturated heterocycles. The van der Waals surface area contributed by atoms with E-state index in [0.29, 0.717) is 13.0 Å². The molecule has 1 unspecified atom stereocenters. The molecule has 0 radical (unpaired) electrons. The van der Waals surface area contributed by atoms with Crippen LogP contribution < -0.4 is 5.32 Å². The summed E-state index contributed by atoms with van der Waals surface area (Å²) in [7, 11) is 0. The van der Waals surface area contributed by atoms with Crippen molar-refractivity contribution in [3.63, 3.8) is 0 Å². The number of carboxylic acid groups (broad SMARTS) is 1. The van der Waals surface area contributed by atoms with E-state index >= 15 is 0 Å². The summed E-state index contributed by atoms with van der Waals surface area (Å²) in [4.78, 5) is 15.6. The van der Waals surface area contributed by atoms with Crippen molar-refractivity contribution >= 4 is 22.4 Å². The lowest BCUT2D eigenvalue weighted by molar-refractivity contribution is -0.141. The maximum Gasteiger partial charge on any atom is 0.308 e. The van der Waals surface area contributed by atoms with Gasteiger partial charge in [-0.3, -0.25) is 4.79 Å². The Morgan fingerprint density at radius 1 is 1.40 bits per heavy atom. The number of nitrogens with zero attached hydrogens (tertiary/aromatic N) is 1. The quantitative estimate of drug-likeness (QED) is 0.815. The summed E-state index contributed by atoms with van der Waals surface area (Å²) in [6.07, 6.45) is 1.55. The van der Waals surface area contributed by atoms with E-state index in [9.17, 15) is 4.79 Å². The van der Waals surface area contributed by atoms with Crippen LogP contribution in [0, 0.1) is 5.92 Å². The molecule has 0 bridgehead atoms. The first-order chi connectivity index (χ1) is 9.70. The largest absolute Gasteiger partial charge is 0.481 e. The second-order valence-corrected chi connectivity index (χ2v) is 5.47. The summed E-state index contributed by atoms with van der Waals surface area (Å²) < 4.78 is 0. The van der Waals surface area contributed by atoms with Crippen LogP contribution in [0.1, 0.15) is 19.8 Å². The van der Waals surface area contributed by atoms with E-state index in [1.165, 1.54) is 11.3 Å². The molecule has 1 aromatic carbocycles. The third kappa shape index (κ3) is 3.81. The van der Waals surface area contributed by atoms with E-state index in [0.717, 1.165) is 22.8 Å². The number of benzene rings is 1. The highest BCUT2D eigenvalue weighted by atomic mass is 32.1. The molecule has 2 rings (SSSR count). The standard InChI is InChI=1S/C15H18N2O2S/c1-2-6-12(14(18)19)9-16-15-17-13(10-20-15)11-7-4-3-5-8-11/h3-5,7-8,10,12H,2,6,9H2,1H3,(H,16,17)(H,18,19). The average Bonchev–Trinajstić information content (AvgIpc) is 2.93. The maximum absolute atomic E-state index is 11.1. The third-order valence-electron chi connectivity index (χ3n) is 3.06. The maximum atomic E-state index is 11.1. The molecule has 0 aliphatic rings. The number of rotatable bonds is 7. The number of anilines is 1. The van der Waals surface area contributed by atoms with Crippen LogP contribution in [-0.4, -0.2) is 22.6 Å². The highest BCUT2D eigenvalue weighted by Crippen LogP contribution is 2.24.